The highest BCUT2D eigenvalue weighted by Crippen LogP contribution is 2.45. The van der Waals surface area contributed by atoms with Crippen LogP contribution in [0.3, 0.4) is 0 Å². The van der Waals surface area contributed by atoms with Gasteiger partial charge in [-0.1, -0.05) is 24.6 Å². The van der Waals surface area contributed by atoms with Crippen LogP contribution >= 0.6 is 22.9 Å². The maximum absolute atomic E-state index is 16.6. The lowest BCUT2D eigenvalue weighted by Crippen LogP contribution is -2.44. The minimum absolute atomic E-state index is 0.0271. The van der Waals surface area contributed by atoms with E-state index in [1.165, 1.54) is 12.1 Å². The molecule has 41 heavy (non-hydrogen) atoms. The monoisotopic (exact) mass is 597 g/mol. The second kappa shape index (κ2) is 11.5. The number of halogens is 3. The fourth-order valence-electron chi connectivity index (χ4n) is 5.93. The smallest absolute Gasteiger partial charge is 0.319 e. The Labute approximate surface area is 245 Å². The van der Waals surface area contributed by atoms with E-state index in [2.05, 4.69) is 27.0 Å². The summed E-state index contributed by atoms with van der Waals surface area (Å²) in [5.74, 6) is -0.675. The van der Waals surface area contributed by atoms with Gasteiger partial charge in [-0.3, -0.25) is 4.90 Å². The SMILES string of the molecule is CCCN1CCCC1COc1nc(N2CCNCC2)c2cc(Cl)c(-c3ccc(F)c4sc(N)c(C#N)c34)c(F)c2n1. The summed E-state index contributed by atoms with van der Waals surface area (Å²) in [7, 11) is 0. The first-order chi connectivity index (χ1) is 19.9. The molecule has 0 amide bonds. The maximum Gasteiger partial charge on any atom is 0.319 e. The molecule has 214 valence electrons. The molecule has 1 unspecified atom stereocenters. The fraction of sp³-hybridized carbons (Fsp3) is 0.414. The first-order valence-electron chi connectivity index (χ1n) is 13.8. The molecule has 0 spiro atoms. The van der Waals surface area contributed by atoms with Crippen molar-refractivity contribution in [2.45, 2.75) is 32.2 Å². The van der Waals surface area contributed by atoms with Gasteiger partial charge in [-0.15, -0.1) is 11.3 Å². The van der Waals surface area contributed by atoms with E-state index in [1.54, 1.807) is 6.07 Å². The Kier molecular flexibility index (Phi) is 7.83. The number of nitriles is 1. The second-order valence-electron chi connectivity index (χ2n) is 10.4. The van der Waals surface area contributed by atoms with E-state index in [0.717, 1.165) is 56.8 Å². The average Bonchev–Trinajstić information content (AvgIpc) is 3.57. The van der Waals surface area contributed by atoms with Gasteiger partial charge in [0.2, 0.25) is 0 Å². The van der Waals surface area contributed by atoms with Crippen molar-refractivity contribution in [3.63, 3.8) is 0 Å². The van der Waals surface area contributed by atoms with Gasteiger partial charge in [-0.2, -0.15) is 15.2 Å². The Bertz CT molecular complexity index is 1670. The molecule has 8 nitrogen and oxygen atoms in total. The van der Waals surface area contributed by atoms with Crippen LogP contribution in [-0.2, 0) is 0 Å². The summed E-state index contributed by atoms with van der Waals surface area (Å²) in [4.78, 5) is 13.8. The molecule has 4 aromatic rings. The number of rotatable bonds is 7. The maximum atomic E-state index is 16.6. The van der Waals surface area contributed by atoms with Crippen molar-refractivity contribution in [3.05, 3.63) is 40.4 Å². The Morgan fingerprint density at radius 3 is 2.80 bits per heavy atom. The van der Waals surface area contributed by atoms with Gasteiger partial charge in [0.1, 0.15) is 34.8 Å². The second-order valence-corrected chi connectivity index (χ2v) is 11.9. The standard InChI is InChI=1S/C29H30ClF2N7OS/c1-2-9-38-10-3-4-16(38)15-40-29-36-25-18(28(37-29)39-11-7-35-8-12-39)13-20(30)23(24(25)32)17-5-6-21(31)26-22(17)19(14-33)27(34)41-26/h5-6,13,16,35H,2-4,7-12,15,34H2,1H3. The Hall–Kier alpha value is -3.30. The topological polar surface area (TPSA) is 103 Å². The number of likely N-dealkylation sites (tertiary alicyclic amines) is 1. The predicted octanol–water partition coefficient (Wildman–Crippen LogP) is 5.56. The zero-order valence-electron chi connectivity index (χ0n) is 22.6. The molecule has 2 aliphatic heterocycles. The Morgan fingerprint density at radius 1 is 1.24 bits per heavy atom. The zero-order valence-corrected chi connectivity index (χ0v) is 24.2. The zero-order chi connectivity index (χ0) is 28.7. The molecular formula is C29H30ClF2N7OS. The molecule has 4 heterocycles. The van der Waals surface area contributed by atoms with Gasteiger partial charge < -0.3 is 20.7 Å². The van der Waals surface area contributed by atoms with E-state index in [1.807, 2.05) is 6.07 Å². The molecule has 0 bridgehead atoms. The third-order valence-corrected chi connectivity index (χ3v) is 9.20. The normalized spacial score (nSPS) is 17.9. The first kappa shape index (κ1) is 27.8. The highest BCUT2D eigenvalue weighted by molar-refractivity contribution is 7.23. The van der Waals surface area contributed by atoms with Gasteiger partial charge >= 0.3 is 6.01 Å². The van der Waals surface area contributed by atoms with Gasteiger partial charge in [-0.05, 0) is 50.0 Å². The van der Waals surface area contributed by atoms with Crippen molar-refractivity contribution in [2.24, 2.45) is 0 Å². The number of hydrogen-bond acceptors (Lipinski definition) is 9. The van der Waals surface area contributed by atoms with Crippen molar-refractivity contribution in [1.29, 1.82) is 5.26 Å². The molecule has 6 rings (SSSR count). The summed E-state index contributed by atoms with van der Waals surface area (Å²) in [5, 5.41) is 14.1. The summed E-state index contributed by atoms with van der Waals surface area (Å²) >= 11 is 7.71. The van der Waals surface area contributed by atoms with Crippen LogP contribution in [0.15, 0.2) is 18.2 Å². The number of nitrogens with two attached hydrogens (primary N) is 1. The number of hydrogen-bond donors (Lipinski definition) is 2. The third-order valence-electron chi connectivity index (χ3n) is 7.87. The number of anilines is 2. The van der Waals surface area contributed by atoms with Crippen LogP contribution in [0.1, 0.15) is 31.7 Å². The molecule has 2 aliphatic rings. The van der Waals surface area contributed by atoms with Crippen molar-refractivity contribution in [2.75, 3.05) is 56.5 Å². The van der Waals surface area contributed by atoms with Crippen molar-refractivity contribution >= 4 is 54.7 Å². The summed E-state index contributed by atoms with van der Waals surface area (Å²) in [6.45, 7) is 7.48. The highest BCUT2D eigenvalue weighted by atomic mass is 35.5. The van der Waals surface area contributed by atoms with Gasteiger partial charge in [0.25, 0.3) is 0 Å². The number of aromatic nitrogens is 2. The number of nitrogens with one attached hydrogen (secondary N) is 1. The van der Waals surface area contributed by atoms with E-state index >= 15 is 4.39 Å². The number of nitrogen functional groups attached to an aromatic ring is 1. The fourth-order valence-corrected chi connectivity index (χ4v) is 7.18. The van der Waals surface area contributed by atoms with Crippen LogP contribution < -0.4 is 20.7 Å². The highest BCUT2D eigenvalue weighted by Gasteiger charge is 2.28. The van der Waals surface area contributed by atoms with E-state index in [-0.39, 0.29) is 54.4 Å². The molecule has 3 N–H and O–H groups in total. The van der Waals surface area contributed by atoms with Crippen LogP contribution in [0.25, 0.3) is 32.1 Å². The third kappa shape index (κ3) is 5.03. The van der Waals surface area contributed by atoms with Crippen molar-refractivity contribution in [1.82, 2.24) is 20.2 Å². The summed E-state index contributed by atoms with van der Waals surface area (Å²) < 4.78 is 37.7. The van der Waals surface area contributed by atoms with Crippen LogP contribution in [0.5, 0.6) is 6.01 Å². The minimum atomic E-state index is -0.689. The molecule has 0 aliphatic carbocycles. The number of piperazine rings is 1. The average molecular weight is 598 g/mol. The van der Waals surface area contributed by atoms with Crippen LogP contribution in [0.2, 0.25) is 5.02 Å². The van der Waals surface area contributed by atoms with E-state index in [9.17, 15) is 9.65 Å². The molecule has 0 saturated carbocycles. The largest absolute Gasteiger partial charge is 0.462 e. The van der Waals surface area contributed by atoms with Crippen molar-refractivity contribution < 1.29 is 13.5 Å². The van der Waals surface area contributed by atoms with Crippen LogP contribution in [0.4, 0.5) is 19.6 Å². The number of benzene rings is 2. The number of fused-ring (bicyclic) bond motifs is 2. The molecule has 0 radical (unpaired) electrons. The molecule has 2 aromatic heterocycles. The van der Waals surface area contributed by atoms with Crippen molar-refractivity contribution in [3.8, 4) is 23.2 Å². The molecule has 2 saturated heterocycles. The number of nitrogens with zero attached hydrogens (tertiary/aromatic N) is 5. The van der Waals surface area contributed by atoms with Crippen LogP contribution in [-0.4, -0.2) is 66.8 Å². The first-order valence-corrected chi connectivity index (χ1v) is 15.0. The van der Waals surface area contributed by atoms with Gasteiger partial charge in [-0.25, -0.2) is 8.78 Å². The molecule has 1 atom stereocenters. The lowest BCUT2D eigenvalue weighted by Gasteiger charge is -2.30. The van der Waals surface area contributed by atoms with E-state index in [4.69, 9.17) is 27.1 Å². The molecular weight excluding hydrogens is 568 g/mol. The van der Waals surface area contributed by atoms with E-state index in [0.29, 0.717) is 30.9 Å². The minimum Gasteiger partial charge on any atom is -0.462 e. The van der Waals surface area contributed by atoms with Gasteiger partial charge in [0.15, 0.2) is 5.82 Å². The predicted molar refractivity (Wildman–Crippen MR) is 160 cm³/mol. The van der Waals surface area contributed by atoms with Gasteiger partial charge in [0.05, 0.1) is 15.3 Å². The summed E-state index contributed by atoms with van der Waals surface area (Å²) in [6, 6.07) is 6.70. The Balaban J connectivity index is 1.50. The molecule has 2 fully saturated rings. The lowest BCUT2D eigenvalue weighted by atomic mass is 9.97. The summed E-state index contributed by atoms with van der Waals surface area (Å²) in [5.41, 5.74) is 6.49. The molecule has 2 aromatic carbocycles. The summed E-state index contributed by atoms with van der Waals surface area (Å²) in [6.07, 6.45) is 3.20. The molecule has 12 heteroatoms. The van der Waals surface area contributed by atoms with Crippen LogP contribution in [0, 0.1) is 23.0 Å². The number of ether oxygens (including phenoxy) is 1. The van der Waals surface area contributed by atoms with E-state index < -0.39 is 11.6 Å². The quantitative estimate of drug-likeness (QED) is 0.285. The number of thiophene rings is 1. The Morgan fingerprint density at radius 2 is 2.05 bits per heavy atom. The van der Waals surface area contributed by atoms with Gasteiger partial charge in [0, 0.05) is 48.6 Å². The lowest BCUT2D eigenvalue weighted by molar-refractivity contribution is 0.165.